The van der Waals surface area contributed by atoms with E-state index >= 15 is 0 Å². The molecule has 3 aromatic rings. The Morgan fingerprint density at radius 3 is 1.68 bits per heavy atom. The monoisotopic (exact) mass is 368 g/mol. The van der Waals surface area contributed by atoms with E-state index in [1.54, 1.807) is 54.6 Å². The van der Waals surface area contributed by atoms with Crippen LogP contribution in [-0.2, 0) is 4.79 Å². The Morgan fingerprint density at radius 1 is 0.607 bits per heavy atom. The molecule has 0 amide bonds. The summed E-state index contributed by atoms with van der Waals surface area (Å²) in [6.45, 7) is 0. The molecular weight excluding hydrogens is 348 g/mol. The van der Waals surface area contributed by atoms with Gasteiger partial charge in [0.1, 0.15) is 11.5 Å². The molecule has 3 heteroatoms. The normalized spacial score (nSPS) is 12.9. The molecule has 2 N–H and O–H groups in total. The van der Waals surface area contributed by atoms with Gasteiger partial charge >= 0.3 is 0 Å². The maximum Gasteiger partial charge on any atom is 0.186 e. The van der Waals surface area contributed by atoms with Crippen LogP contribution < -0.4 is 0 Å². The number of ketones is 1. The van der Waals surface area contributed by atoms with Gasteiger partial charge in [0.25, 0.3) is 0 Å². The standard InChI is InChI=1S/C13H8O.2C6H6O/c14-13-7-3-6-11-10-5-2-1-4-9(10)8-12(11)13;2*7-6-4-2-1-3-5-6/h1-8H;2*1-5,7H. The molecule has 0 saturated heterocycles. The van der Waals surface area contributed by atoms with Crippen molar-refractivity contribution in [2.24, 2.45) is 0 Å². The fourth-order valence-corrected chi connectivity index (χ4v) is 2.81. The highest BCUT2D eigenvalue weighted by molar-refractivity contribution is 6.23. The number of fused-ring (bicyclic) bond motifs is 3. The van der Waals surface area contributed by atoms with Gasteiger partial charge in [0, 0.05) is 5.57 Å². The second-order valence-corrected chi connectivity index (χ2v) is 6.12. The van der Waals surface area contributed by atoms with E-state index in [0.29, 0.717) is 11.5 Å². The average Bonchev–Trinajstić information content (AvgIpc) is 3.11. The summed E-state index contributed by atoms with van der Waals surface area (Å²) in [5, 5.41) is 17.3. The van der Waals surface area contributed by atoms with E-state index < -0.39 is 0 Å². The number of hydrogen-bond donors (Lipinski definition) is 2. The highest BCUT2D eigenvalue weighted by Crippen LogP contribution is 2.37. The topological polar surface area (TPSA) is 57.5 Å². The molecule has 0 heterocycles. The SMILES string of the molecule is O=C1C=CC=C2C1=Cc1ccccc12.Oc1ccccc1.Oc1ccccc1. The van der Waals surface area contributed by atoms with Crippen LogP contribution in [0.2, 0.25) is 0 Å². The molecule has 0 radical (unpaired) electrons. The summed E-state index contributed by atoms with van der Waals surface area (Å²) >= 11 is 0. The van der Waals surface area contributed by atoms with Crippen molar-refractivity contribution >= 4 is 17.4 Å². The number of aromatic hydroxyl groups is 2. The number of benzene rings is 3. The third-order valence-electron chi connectivity index (χ3n) is 4.13. The molecule has 0 atom stereocenters. The number of hydrogen-bond acceptors (Lipinski definition) is 3. The lowest BCUT2D eigenvalue weighted by molar-refractivity contribution is -0.110. The average molecular weight is 368 g/mol. The van der Waals surface area contributed by atoms with Crippen molar-refractivity contribution in [3.8, 4) is 11.5 Å². The Balaban J connectivity index is 0.000000136. The lowest BCUT2D eigenvalue weighted by Gasteiger charge is -2.06. The highest BCUT2D eigenvalue weighted by atomic mass is 16.3. The number of carbonyl (C=O) groups excluding carboxylic acids is 1. The van der Waals surface area contributed by atoms with Gasteiger partial charge in [0.2, 0.25) is 0 Å². The first-order valence-corrected chi connectivity index (χ1v) is 8.87. The van der Waals surface area contributed by atoms with Crippen molar-refractivity contribution in [1.29, 1.82) is 0 Å². The molecule has 3 aromatic carbocycles. The lowest BCUT2D eigenvalue weighted by Crippen LogP contribution is -2.00. The van der Waals surface area contributed by atoms with Crippen molar-refractivity contribution in [3.63, 3.8) is 0 Å². The number of carbonyl (C=O) groups is 1. The van der Waals surface area contributed by atoms with Crippen LogP contribution in [0.15, 0.2) is 109 Å². The predicted molar refractivity (Wildman–Crippen MR) is 113 cm³/mol. The van der Waals surface area contributed by atoms with E-state index in [2.05, 4.69) is 6.07 Å². The van der Waals surface area contributed by atoms with Crippen LogP contribution in [0.1, 0.15) is 11.1 Å². The van der Waals surface area contributed by atoms with Crippen molar-refractivity contribution in [2.75, 3.05) is 0 Å². The van der Waals surface area contributed by atoms with Crippen molar-refractivity contribution in [3.05, 3.63) is 120 Å². The van der Waals surface area contributed by atoms with Crippen molar-refractivity contribution in [2.45, 2.75) is 0 Å². The molecule has 0 unspecified atom stereocenters. The third kappa shape index (κ3) is 4.86. The molecule has 138 valence electrons. The number of phenolic OH excluding ortho intramolecular Hbond substituents is 2. The van der Waals surface area contributed by atoms with Crippen LogP contribution in [0.4, 0.5) is 0 Å². The van der Waals surface area contributed by atoms with Gasteiger partial charge in [0.15, 0.2) is 5.78 Å². The van der Waals surface area contributed by atoms with Gasteiger partial charge < -0.3 is 10.2 Å². The van der Waals surface area contributed by atoms with E-state index in [9.17, 15) is 4.79 Å². The maximum absolute atomic E-state index is 11.5. The molecule has 2 aliphatic rings. The maximum atomic E-state index is 11.5. The summed E-state index contributed by atoms with van der Waals surface area (Å²) in [6.07, 6.45) is 7.39. The van der Waals surface area contributed by atoms with E-state index in [1.165, 1.54) is 5.56 Å². The molecule has 0 spiro atoms. The minimum absolute atomic E-state index is 0.110. The number of phenols is 2. The second kappa shape index (κ2) is 9.19. The van der Waals surface area contributed by atoms with E-state index in [4.69, 9.17) is 10.2 Å². The minimum atomic E-state index is 0.110. The Kier molecular flexibility index (Phi) is 6.21. The van der Waals surface area contributed by atoms with Gasteiger partial charge in [-0.3, -0.25) is 4.79 Å². The highest BCUT2D eigenvalue weighted by Gasteiger charge is 2.23. The second-order valence-electron chi connectivity index (χ2n) is 6.12. The molecule has 0 aromatic heterocycles. The molecule has 0 bridgehead atoms. The largest absolute Gasteiger partial charge is 0.508 e. The van der Waals surface area contributed by atoms with E-state index in [0.717, 1.165) is 16.7 Å². The number of para-hydroxylation sites is 2. The molecule has 2 aliphatic carbocycles. The minimum Gasteiger partial charge on any atom is -0.508 e. The zero-order valence-corrected chi connectivity index (χ0v) is 15.2. The Labute approximate surface area is 164 Å². The summed E-state index contributed by atoms with van der Waals surface area (Å²) < 4.78 is 0. The molecule has 5 rings (SSSR count). The number of rotatable bonds is 0. The summed E-state index contributed by atoms with van der Waals surface area (Å²) in [7, 11) is 0. The van der Waals surface area contributed by atoms with Crippen molar-refractivity contribution in [1.82, 2.24) is 0 Å². The smallest absolute Gasteiger partial charge is 0.186 e. The first kappa shape index (κ1) is 18.9. The van der Waals surface area contributed by atoms with Gasteiger partial charge in [-0.2, -0.15) is 0 Å². The van der Waals surface area contributed by atoms with E-state index in [-0.39, 0.29) is 5.78 Å². The van der Waals surface area contributed by atoms with Gasteiger partial charge in [-0.1, -0.05) is 72.8 Å². The van der Waals surface area contributed by atoms with Gasteiger partial charge in [-0.25, -0.2) is 0 Å². The van der Waals surface area contributed by atoms with Crippen LogP contribution in [-0.4, -0.2) is 16.0 Å². The third-order valence-corrected chi connectivity index (χ3v) is 4.13. The summed E-state index contributed by atoms with van der Waals surface area (Å²) in [6, 6.07) is 25.5. The zero-order valence-electron chi connectivity index (χ0n) is 15.2. The van der Waals surface area contributed by atoms with Crippen LogP contribution in [0.3, 0.4) is 0 Å². The van der Waals surface area contributed by atoms with Crippen LogP contribution in [0.25, 0.3) is 11.6 Å². The first-order valence-electron chi connectivity index (χ1n) is 8.87. The number of allylic oxidation sites excluding steroid dienone is 5. The first-order chi connectivity index (χ1) is 13.6. The summed E-state index contributed by atoms with van der Waals surface area (Å²) in [5.41, 5.74) is 4.20. The molecule has 0 aliphatic heterocycles. The summed E-state index contributed by atoms with van der Waals surface area (Å²) in [5.74, 6) is 0.753. The van der Waals surface area contributed by atoms with Gasteiger partial charge in [0.05, 0.1) is 0 Å². The lowest BCUT2D eigenvalue weighted by atomic mass is 9.96. The quantitative estimate of drug-likeness (QED) is 0.559. The van der Waals surface area contributed by atoms with Gasteiger partial charge in [-0.15, -0.1) is 0 Å². The molecular formula is C25H20O3. The van der Waals surface area contributed by atoms with Gasteiger partial charge in [-0.05, 0) is 53.1 Å². The predicted octanol–water partition coefficient (Wildman–Crippen LogP) is 5.39. The van der Waals surface area contributed by atoms with Crippen LogP contribution in [0, 0.1) is 0 Å². The van der Waals surface area contributed by atoms with E-state index in [1.807, 2.05) is 48.6 Å². The Bertz CT molecular complexity index is 992. The summed E-state index contributed by atoms with van der Waals surface area (Å²) in [4.78, 5) is 11.5. The molecule has 3 nitrogen and oxygen atoms in total. The van der Waals surface area contributed by atoms with Crippen molar-refractivity contribution < 1.29 is 15.0 Å². The zero-order chi connectivity index (χ0) is 19.8. The van der Waals surface area contributed by atoms with Crippen LogP contribution in [0.5, 0.6) is 11.5 Å². The fraction of sp³-hybridized carbons (Fsp3) is 0. The molecule has 0 fully saturated rings. The fourth-order valence-electron chi connectivity index (χ4n) is 2.81. The Hall–Kier alpha value is -3.85. The van der Waals surface area contributed by atoms with Crippen LogP contribution >= 0.6 is 0 Å². The Morgan fingerprint density at radius 2 is 1.14 bits per heavy atom. The molecule has 28 heavy (non-hydrogen) atoms. The molecule has 0 saturated carbocycles.